The molecule has 0 unspecified atom stereocenters. The molecule has 0 aromatic heterocycles. The summed E-state index contributed by atoms with van der Waals surface area (Å²) in [6, 6.07) is 13.2. The highest BCUT2D eigenvalue weighted by Gasteiger charge is 2.05. The van der Waals surface area contributed by atoms with E-state index in [0.717, 1.165) is 22.6 Å². The number of rotatable bonds is 5. The average Bonchev–Trinajstić information content (AvgIpc) is 2.46. The highest BCUT2D eigenvalue weighted by molar-refractivity contribution is 6.31. The molecule has 0 aliphatic heterocycles. The van der Waals surface area contributed by atoms with Crippen LogP contribution in [-0.4, -0.2) is 7.11 Å². The molecule has 3 nitrogen and oxygen atoms in total. The summed E-state index contributed by atoms with van der Waals surface area (Å²) in [6.07, 6.45) is 0. The topological polar surface area (TPSA) is 44.5 Å². The first-order valence-electron chi connectivity index (χ1n) is 5.97. The molecule has 2 aromatic rings. The molecule has 0 aliphatic rings. The van der Waals surface area contributed by atoms with Crippen molar-refractivity contribution in [3.63, 3.8) is 0 Å². The average molecular weight is 278 g/mol. The minimum absolute atomic E-state index is 0.421. The summed E-state index contributed by atoms with van der Waals surface area (Å²) < 4.78 is 11.0. The Balaban J connectivity index is 2.10. The van der Waals surface area contributed by atoms with Crippen LogP contribution in [0, 0.1) is 0 Å². The number of nitrogens with two attached hydrogens (primary N) is 1. The van der Waals surface area contributed by atoms with Gasteiger partial charge in [-0.15, -0.1) is 0 Å². The van der Waals surface area contributed by atoms with Gasteiger partial charge in [-0.25, -0.2) is 0 Å². The molecule has 0 spiro atoms. The number of hydrogen-bond acceptors (Lipinski definition) is 3. The molecule has 0 amide bonds. The lowest BCUT2D eigenvalue weighted by molar-refractivity contribution is 0.303. The Hall–Kier alpha value is -1.71. The van der Waals surface area contributed by atoms with E-state index in [1.807, 2.05) is 42.5 Å². The minimum atomic E-state index is 0.421. The molecule has 2 rings (SSSR count). The Morgan fingerprint density at radius 3 is 2.58 bits per heavy atom. The molecule has 0 saturated carbocycles. The molecule has 0 bridgehead atoms. The SMILES string of the molecule is COc1cc(OCc2ccccc2Cl)ccc1CN. The van der Waals surface area contributed by atoms with E-state index in [0.29, 0.717) is 18.2 Å². The lowest BCUT2D eigenvalue weighted by Crippen LogP contribution is -2.01. The van der Waals surface area contributed by atoms with Gasteiger partial charge in [0.15, 0.2) is 0 Å². The van der Waals surface area contributed by atoms with Crippen molar-refractivity contribution in [2.45, 2.75) is 13.2 Å². The fourth-order valence-electron chi connectivity index (χ4n) is 1.76. The van der Waals surface area contributed by atoms with Crippen LogP contribution in [0.25, 0.3) is 0 Å². The van der Waals surface area contributed by atoms with Gasteiger partial charge in [-0.1, -0.05) is 35.9 Å². The third-order valence-corrected chi connectivity index (χ3v) is 3.20. The van der Waals surface area contributed by atoms with Crippen LogP contribution in [0.5, 0.6) is 11.5 Å². The molecule has 0 aliphatic carbocycles. The maximum Gasteiger partial charge on any atom is 0.127 e. The Morgan fingerprint density at radius 2 is 1.89 bits per heavy atom. The molecule has 0 atom stereocenters. The molecule has 0 radical (unpaired) electrons. The lowest BCUT2D eigenvalue weighted by atomic mass is 10.2. The number of ether oxygens (including phenoxy) is 2. The standard InChI is InChI=1S/C15H16ClNO2/c1-18-15-8-13(7-6-11(15)9-17)19-10-12-4-2-3-5-14(12)16/h2-8H,9-10,17H2,1H3. The Labute approximate surface area is 117 Å². The fourth-order valence-corrected chi connectivity index (χ4v) is 1.95. The second kappa shape index (κ2) is 6.45. The summed E-state index contributed by atoms with van der Waals surface area (Å²) in [5, 5.41) is 0.702. The number of benzene rings is 2. The van der Waals surface area contributed by atoms with Gasteiger partial charge in [0, 0.05) is 28.8 Å². The number of methoxy groups -OCH3 is 1. The summed E-state index contributed by atoms with van der Waals surface area (Å²) in [5.74, 6) is 1.47. The smallest absolute Gasteiger partial charge is 0.127 e. The van der Waals surface area contributed by atoms with Gasteiger partial charge in [-0.3, -0.25) is 0 Å². The summed E-state index contributed by atoms with van der Waals surface area (Å²) in [6.45, 7) is 0.860. The van der Waals surface area contributed by atoms with Crippen LogP contribution in [0.3, 0.4) is 0 Å². The van der Waals surface area contributed by atoms with Gasteiger partial charge < -0.3 is 15.2 Å². The quantitative estimate of drug-likeness (QED) is 0.911. The zero-order valence-electron chi connectivity index (χ0n) is 10.7. The van der Waals surface area contributed by atoms with E-state index < -0.39 is 0 Å². The van der Waals surface area contributed by atoms with Gasteiger partial charge >= 0.3 is 0 Å². The first-order valence-corrected chi connectivity index (χ1v) is 6.35. The van der Waals surface area contributed by atoms with Gasteiger partial charge in [0.25, 0.3) is 0 Å². The third-order valence-electron chi connectivity index (χ3n) is 2.83. The van der Waals surface area contributed by atoms with Gasteiger partial charge in [-0.2, -0.15) is 0 Å². The first kappa shape index (κ1) is 13.7. The van der Waals surface area contributed by atoms with Crippen LogP contribution < -0.4 is 15.2 Å². The zero-order valence-corrected chi connectivity index (χ0v) is 11.5. The summed E-state index contributed by atoms with van der Waals surface area (Å²) in [4.78, 5) is 0. The monoisotopic (exact) mass is 277 g/mol. The van der Waals surface area contributed by atoms with Crippen molar-refractivity contribution < 1.29 is 9.47 Å². The van der Waals surface area contributed by atoms with Crippen molar-refractivity contribution in [3.05, 3.63) is 58.6 Å². The normalized spacial score (nSPS) is 10.3. The van der Waals surface area contributed by atoms with Crippen molar-refractivity contribution in [3.8, 4) is 11.5 Å². The van der Waals surface area contributed by atoms with E-state index in [1.54, 1.807) is 7.11 Å². The van der Waals surface area contributed by atoms with E-state index in [4.69, 9.17) is 26.8 Å². The molecular formula is C15H16ClNO2. The van der Waals surface area contributed by atoms with Crippen LogP contribution in [0.4, 0.5) is 0 Å². The molecular weight excluding hydrogens is 262 g/mol. The predicted molar refractivity (Wildman–Crippen MR) is 76.7 cm³/mol. The van der Waals surface area contributed by atoms with Crippen LogP contribution >= 0.6 is 11.6 Å². The summed E-state index contributed by atoms with van der Waals surface area (Å²) in [5.41, 5.74) is 7.52. The van der Waals surface area contributed by atoms with Crippen molar-refractivity contribution in [1.29, 1.82) is 0 Å². The van der Waals surface area contributed by atoms with Gasteiger partial charge in [-0.05, 0) is 12.1 Å². The fraction of sp³-hybridized carbons (Fsp3) is 0.200. The molecule has 2 aromatic carbocycles. The summed E-state index contributed by atoms with van der Waals surface area (Å²) in [7, 11) is 1.62. The van der Waals surface area contributed by atoms with Crippen LogP contribution in [0.1, 0.15) is 11.1 Å². The Kier molecular flexibility index (Phi) is 4.66. The first-order chi connectivity index (χ1) is 9.24. The van der Waals surface area contributed by atoms with Crippen molar-refractivity contribution >= 4 is 11.6 Å². The van der Waals surface area contributed by atoms with Crippen LogP contribution in [0.2, 0.25) is 5.02 Å². The molecule has 4 heteroatoms. The van der Waals surface area contributed by atoms with E-state index >= 15 is 0 Å². The maximum atomic E-state index is 6.08. The van der Waals surface area contributed by atoms with Gasteiger partial charge in [0.05, 0.1) is 7.11 Å². The van der Waals surface area contributed by atoms with Crippen molar-refractivity contribution in [2.75, 3.05) is 7.11 Å². The van der Waals surface area contributed by atoms with E-state index in [1.165, 1.54) is 0 Å². The summed E-state index contributed by atoms with van der Waals surface area (Å²) >= 11 is 6.08. The van der Waals surface area contributed by atoms with Crippen LogP contribution in [-0.2, 0) is 13.2 Å². The molecule has 100 valence electrons. The van der Waals surface area contributed by atoms with Crippen LogP contribution in [0.15, 0.2) is 42.5 Å². The van der Waals surface area contributed by atoms with Gasteiger partial charge in [0.2, 0.25) is 0 Å². The highest BCUT2D eigenvalue weighted by atomic mass is 35.5. The van der Waals surface area contributed by atoms with Crippen molar-refractivity contribution in [1.82, 2.24) is 0 Å². The number of hydrogen-bond donors (Lipinski definition) is 1. The molecule has 0 saturated heterocycles. The second-order valence-electron chi connectivity index (χ2n) is 4.06. The van der Waals surface area contributed by atoms with Crippen molar-refractivity contribution in [2.24, 2.45) is 5.73 Å². The van der Waals surface area contributed by atoms with E-state index in [9.17, 15) is 0 Å². The van der Waals surface area contributed by atoms with Gasteiger partial charge in [0.1, 0.15) is 18.1 Å². The largest absolute Gasteiger partial charge is 0.496 e. The Bertz CT molecular complexity index is 558. The Morgan fingerprint density at radius 1 is 1.11 bits per heavy atom. The number of halogens is 1. The lowest BCUT2D eigenvalue weighted by Gasteiger charge is -2.11. The molecule has 2 N–H and O–H groups in total. The molecule has 0 fully saturated rings. The van der Waals surface area contributed by atoms with E-state index in [2.05, 4.69) is 0 Å². The van der Waals surface area contributed by atoms with E-state index in [-0.39, 0.29) is 0 Å². The molecule has 0 heterocycles. The zero-order chi connectivity index (χ0) is 13.7. The molecule has 19 heavy (non-hydrogen) atoms. The third kappa shape index (κ3) is 3.40. The predicted octanol–water partition coefficient (Wildman–Crippen LogP) is 3.39. The maximum absolute atomic E-state index is 6.08. The second-order valence-corrected chi connectivity index (χ2v) is 4.47. The minimum Gasteiger partial charge on any atom is -0.496 e. The highest BCUT2D eigenvalue weighted by Crippen LogP contribution is 2.25.